The normalized spacial score (nSPS) is 20.4. The lowest BCUT2D eigenvalue weighted by Crippen LogP contribution is -1.92. The summed E-state index contributed by atoms with van der Waals surface area (Å²) in [4.78, 5) is 15.1. The lowest BCUT2D eigenvalue weighted by atomic mass is 10.2. The summed E-state index contributed by atoms with van der Waals surface area (Å²) in [6.07, 6.45) is 5.01. The van der Waals surface area contributed by atoms with Crippen molar-refractivity contribution in [1.82, 2.24) is 14.6 Å². The zero-order valence-corrected chi connectivity index (χ0v) is 9.48. The fourth-order valence-corrected chi connectivity index (χ4v) is 3.11. The molecule has 2 aromatic heterocycles. The Kier molecular flexibility index (Phi) is 2.40. The third-order valence-electron chi connectivity index (χ3n) is 2.73. The van der Waals surface area contributed by atoms with Crippen molar-refractivity contribution in [3.05, 3.63) is 29.7 Å². The summed E-state index contributed by atoms with van der Waals surface area (Å²) in [6.45, 7) is 0. The average molecular weight is 233 g/mol. The van der Waals surface area contributed by atoms with Gasteiger partial charge in [-0.3, -0.25) is 4.79 Å². The molecule has 16 heavy (non-hydrogen) atoms. The lowest BCUT2D eigenvalue weighted by molar-refractivity contribution is 0.112. The highest BCUT2D eigenvalue weighted by Crippen LogP contribution is 2.38. The van der Waals surface area contributed by atoms with Crippen LogP contribution in [0.2, 0.25) is 0 Å². The highest BCUT2D eigenvalue weighted by molar-refractivity contribution is 7.99. The summed E-state index contributed by atoms with van der Waals surface area (Å²) in [5, 5.41) is 4.87. The molecule has 1 saturated heterocycles. The number of thioether (sulfide) groups is 1. The van der Waals surface area contributed by atoms with Crippen molar-refractivity contribution in [2.24, 2.45) is 0 Å². The molecule has 5 heteroatoms. The molecule has 0 aromatic carbocycles. The molecule has 1 aliphatic rings. The molecule has 1 aliphatic heterocycles. The molecule has 82 valence electrons. The second kappa shape index (κ2) is 3.90. The zero-order valence-electron chi connectivity index (χ0n) is 8.67. The third-order valence-corrected chi connectivity index (χ3v) is 4.10. The van der Waals surface area contributed by atoms with Crippen LogP contribution in [-0.4, -0.2) is 26.6 Å². The van der Waals surface area contributed by atoms with Crippen LogP contribution in [0.4, 0.5) is 0 Å². The van der Waals surface area contributed by atoms with Crippen molar-refractivity contribution in [3.63, 3.8) is 0 Å². The van der Waals surface area contributed by atoms with E-state index < -0.39 is 0 Å². The Bertz CT molecular complexity index is 531. The van der Waals surface area contributed by atoms with Crippen LogP contribution >= 0.6 is 11.8 Å². The number of nitrogens with zero attached hydrogens (tertiary/aromatic N) is 3. The Morgan fingerprint density at radius 2 is 2.50 bits per heavy atom. The first-order valence-corrected chi connectivity index (χ1v) is 6.35. The number of aromatic nitrogens is 3. The van der Waals surface area contributed by atoms with Crippen LogP contribution < -0.4 is 0 Å². The SMILES string of the molecule is O=Cc1ccn2nc(C3CCCS3)nc2c1. The molecule has 1 unspecified atom stereocenters. The molecule has 0 radical (unpaired) electrons. The van der Waals surface area contributed by atoms with Crippen molar-refractivity contribution < 1.29 is 4.79 Å². The van der Waals surface area contributed by atoms with Crippen LogP contribution in [0.3, 0.4) is 0 Å². The first-order chi connectivity index (χ1) is 7.86. The van der Waals surface area contributed by atoms with Crippen LogP contribution in [0.5, 0.6) is 0 Å². The van der Waals surface area contributed by atoms with E-state index in [9.17, 15) is 4.79 Å². The molecule has 0 saturated carbocycles. The third kappa shape index (κ3) is 1.61. The maximum Gasteiger partial charge on any atom is 0.164 e. The first kappa shape index (κ1) is 9.84. The number of rotatable bonds is 2. The molecule has 1 fully saturated rings. The van der Waals surface area contributed by atoms with E-state index in [0.717, 1.165) is 24.2 Å². The number of hydrogen-bond donors (Lipinski definition) is 0. The maximum atomic E-state index is 10.7. The molecule has 3 rings (SSSR count). The molecule has 0 spiro atoms. The van der Waals surface area contributed by atoms with Gasteiger partial charge in [0, 0.05) is 11.8 Å². The van der Waals surface area contributed by atoms with Crippen LogP contribution in [0.25, 0.3) is 5.65 Å². The van der Waals surface area contributed by atoms with Gasteiger partial charge in [0.1, 0.15) is 6.29 Å². The second-order valence-electron chi connectivity index (χ2n) is 3.85. The topological polar surface area (TPSA) is 47.3 Å². The number of fused-ring (bicyclic) bond motifs is 1. The summed E-state index contributed by atoms with van der Waals surface area (Å²) >= 11 is 1.91. The van der Waals surface area contributed by atoms with Gasteiger partial charge in [0.05, 0.1) is 5.25 Å². The Morgan fingerprint density at radius 1 is 1.56 bits per heavy atom. The monoisotopic (exact) mass is 233 g/mol. The fraction of sp³-hybridized carbons (Fsp3) is 0.364. The molecular weight excluding hydrogens is 222 g/mol. The summed E-state index contributed by atoms with van der Waals surface area (Å²) < 4.78 is 1.74. The van der Waals surface area contributed by atoms with E-state index in [1.165, 1.54) is 12.2 Å². The van der Waals surface area contributed by atoms with Crippen LogP contribution in [0.15, 0.2) is 18.3 Å². The van der Waals surface area contributed by atoms with Crippen molar-refractivity contribution in [2.75, 3.05) is 5.75 Å². The average Bonchev–Trinajstić information content (AvgIpc) is 2.96. The highest BCUT2D eigenvalue weighted by atomic mass is 32.2. The van der Waals surface area contributed by atoms with E-state index in [1.54, 1.807) is 22.8 Å². The Morgan fingerprint density at radius 3 is 3.25 bits per heavy atom. The first-order valence-electron chi connectivity index (χ1n) is 5.30. The van der Waals surface area contributed by atoms with E-state index in [-0.39, 0.29) is 0 Å². The van der Waals surface area contributed by atoms with E-state index in [4.69, 9.17) is 0 Å². The predicted octanol–water partition coefficient (Wildman–Crippen LogP) is 2.11. The molecule has 0 amide bonds. The number of carbonyl (C=O) groups excluding carboxylic acids is 1. The molecule has 4 nitrogen and oxygen atoms in total. The summed E-state index contributed by atoms with van der Waals surface area (Å²) in [7, 11) is 0. The van der Waals surface area contributed by atoms with Crippen molar-refractivity contribution in [1.29, 1.82) is 0 Å². The Labute approximate surface area is 97.1 Å². The molecule has 0 N–H and O–H groups in total. The van der Waals surface area contributed by atoms with Crippen molar-refractivity contribution in [2.45, 2.75) is 18.1 Å². The number of hydrogen-bond acceptors (Lipinski definition) is 4. The van der Waals surface area contributed by atoms with Crippen LogP contribution in [-0.2, 0) is 0 Å². The molecule has 0 bridgehead atoms. The van der Waals surface area contributed by atoms with Gasteiger partial charge >= 0.3 is 0 Å². The number of aldehydes is 1. The van der Waals surface area contributed by atoms with Crippen molar-refractivity contribution in [3.8, 4) is 0 Å². The maximum absolute atomic E-state index is 10.7. The number of carbonyl (C=O) groups is 1. The van der Waals surface area contributed by atoms with Crippen LogP contribution in [0.1, 0.15) is 34.3 Å². The van der Waals surface area contributed by atoms with E-state index >= 15 is 0 Å². The van der Waals surface area contributed by atoms with Crippen LogP contribution in [0, 0.1) is 0 Å². The fourth-order valence-electron chi connectivity index (χ4n) is 1.91. The van der Waals surface area contributed by atoms with Gasteiger partial charge in [-0.25, -0.2) is 9.50 Å². The summed E-state index contributed by atoms with van der Waals surface area (Å²) in [6, 6.07) is 3.52. The van der Waals surface area contributed by atoms with E-state index in [2.05, 4.69) is 10.1 Å². The largest absolute Gasteiger partial charge is 0.298 e. The van der Waals surface area contributed by atoms with Gasteiger partial charge in [-0.2, -0.15) is 16.9 Å². The van der Waals surface area contributed by atoms with Gasteiger partial charge in [-0.1, -0.05) is 0 Å². The minimum absolute atomic E-state index is 0.430. The lowest BCUT2D eigenvalue weighted by Gasteiger charge is -1.99. The second-order valence-corrected chi connectivity index (χ2v) is 5.16. The molecule has 3 heterocycles. The van der Waals surface area contributed by atoms with Gasteiger partial charge in [-0.05, 0) is 30.7 Å². The highest BCUT2D eigenvalue weighted by Gasteiger charge is 2.21. The standard InChI is InChI=1S/C11H11N3OS/c15-7-8-3-4-14-10(6-8)12-11(13-14)9-2-1-5-16-9/h3-4,6-7,9H,1-2,5H2. The summed E-state index contributed by atoms with van der Waals surface area (Å²) in [5.41, 5.74) is 1.40. The molecule has 2 aromatic rings. The zero-order chi connectivity index (χ0) is 11.0. The molecule has 0 aliphatic carbocycles. The van der Waals surface area contributed by atoms with Crippen molar-refractivity contribution >= 4 is 23.7 Å². The predicted molar refractivity (Wildman–Crippen MR) is 62.8 cm³/mol. The van der Waals surface area contributed by atoms with Gasteiger partial charge in [0.15, 0.2) is 11.5 Å². The molecule has 1 atom stereocenters. The number of pyridine rings is 1. The summed E-state index contributed by atoms with van der Waals surface area (Å²) in [5.74, 6) is 2.09. The quantitative estimate of drug-likeness (QED) is 0.745. The van der Waals surface area contributed by atoms with Gasteiger partial charge in [0.2, 0.25) is 0 Å². The van der Waals surface area contributed by atoms with Gasteiger partial charge < -0.3 is 0 Å². The minimum Gasteiger partial charge on any atom is -0.298 e. The smallest absolute Gasteiger partial charge is 0.164 e. The van der Waals surface area contributed by atoms with E-state index in [0.29, 0.717) is 10.8 Å². The van der Waals surface area contributed by atoms with E-state index in [1.807, 2.05) is 11.8 Å². The minimum atomic E-state index is 0.430. The Hall–Kier alpha value is -1.36. The van der Waals surface area contributed by atoms with Gasteiger partial charge in [-0.15, -0.1) is 0 Å². The molecular formula is C11H11N3OS. The van der Waals surface area contributed by atoms with Gasteiger partial charge in [0.25, 0.3) is 0 Å². The Balaban J connectivity index is 2.04.